The number of carboxylic acids is 1. The molecule has 0 aromatic heterocycles. The summed E-state index contributed by atoms with van der Waals surface area (Å²) in [7, 11) is 1.35. The van der Waals surface area contributed by atoms with E-state index in [4.69, 9.17) is 9.84 Å². The number of likely N-dealkylation sites (tertiary alicyclic amines) is 1. The topological polar surface area (TPSA) is 95.9 Å². The number of aliphatic carboxylic acids is 1. The molecule has 1 heterocycles. The number of hydrogen-bond donors (Lipinski definition) is 2. The normalized spacial score (nSPS) is 19.7. The predicted molar refractivity (Wildman–Crippen MR) is 75.8 cm³/mol. The maximum atomic E-state index is 12.1. The number of urea groups is 1. The van der Waals surface area contributed by atoms with E-state index in [9.17, 15) is 14.4 Å². The summed E-state index contributed by atoms with van der Waals surface area (Å²) in [4.78, 5) is 35.7. The zero-order chi connectivity index (χ0) is 15.8. The van der Waals surface area contributed by atoms with Crippen LogP contribution in [0.5, 0.6) is 0 Å². The summed E-state index contributed by atoms with van der Waals surface area (Å²) in [5.74, 6) is -1.36. The van der Waals surface area contributed by atoms with E-state index >= 15 is 0 Å². The fraction of sp³-hybridized carbons (Fsp3) is 0.786. The van der Waals surface area contributed by atoms with Crippen molar-refractivity contribution < 1.29 is 24.2 Å². The molecule has 7 nitrogen and oxygen atoms in total. The number of ether oxygens (including phenoxy) is 1. The second-order valence-corrected chi connectivity index (χ2v) is 5.44. The highest BCUT2D eigenvalue weighted by Crippen LogP contribution is 2.17. The molecule has 0 radical (unpaired) electrons. The lowest BCUT2D eigenvalue weighted by atomic mass is 9.98. The second kappa shape index (κ2) is 8.49. The molecule has 0 aromatic carbocycles. The molecule has 1 fully saturated rings. The highest BCUT2D eigenvalue weighted by molar-refractivity contribution is 5.77. The maximum Gasteiger partial charge on any atom is 0.317 e. The number of carboxylic acid groups (broad SMARTS) is 1. The summed E-state index contributed by atoms with van der Waals surface area (Å²) in [6, 6.07) is -0.290. The summed E-state index contributed by atoms with van der Waals surface area (Å²) in [5.41, 5.74) is 0. The van der Waals surface area contributed by atoms with E-state index in [2.05, 4.69) is 5.32 Å². The molecule has 1 aliphatic rings. The molecule has 2 amide bonds. The summed E-state index contributed by atoms with van der Waals surface area (Å²) < 4.78 is 4.72. The third kappa shape index (κ3) is 6.01. The van der Waals surface area contributed by atoms with Crippen molar-refractivity contribution in [1.29, 1.82) is 0 Å². The van der Waals surface area contributed by atoms with Gasteiger partial charge in [-0.25, -0.2) is 4.79 Å². The Morgan fingerprint density at radius 2 is 2.14 bits per heavy atom. The van der Waals surface area contributed by atoms with Gasteiger partial charge < -0.3 is 20.1 Å². The zero-order valence-electron chi connectivity index (χ0n) is 12.6. The van der Waals surface area contributed by atoms with Crippen LogP contribution in [-0.4, -0.2) is 54.2 Å². The number of nitrogens with zero attached hydrogens (tertiary/aromatic N) is 1. The van der Waals surface area contributed by atoms with Gasteiger partial charge in [0.15, 0.2) is 0 Å². The zero-order valence-corrected chi connectivity index (χ0v) is 12.6. The molecule has 0 bridgehead atoms. The number of esters is 1. The number of methoxy groups -OCH3 is 1. The highest BCUT2D eigenvalue weighted by atomic mass is 16.5. The Bertz CT molecular complexity index is 386. The maximum absolute atomic E-state index is 12.1. The van der Waals surface area contributed by atoms with Gasteiger partial charge in [0.05, 0.1) is 13.0 Å². The average molecular weight is 300 g/mol. The van der Waals surface area contributed by atoms with Crippen LogP contribution in [0, 0.1) is 5.92 Å². The molecule has 7 heteroatoms. The van der Waals surface area contributed by atoms with Crippen molar-refractivity contribution in [3.8, 4) is 0 Å². The third-order valence-corrected chi connectivity index (χ3v) is 3.64. The lowest BCUT2D eigenvalue weighted by molar-refractivity contribution is -0.146. The van der Waals surface area contributed by atoms with Crippen LogP contribution in [0.25, 0.3) is 0 Å². The van der Waals surface area contributed by atoms with E-state index < -0.39 is 5.97 Å². The minimum atomic E-state index is -0.828. The summed E-state index contributed by atoms with van der Waals surface area (Å²) in [6.07, 6.45) is 2.77. The van der Waals surface area contributed by atoms with E-state index in [0.717, 1.165) is 12.8 Å². The van der Waals surface area contributed by atoms with E-state index in [0.29, 0.717) is 25.9 Å². The predicted octanol–water partition coefficient (Wildman–Crippen LogP) is 1.22. The molecule has 21 heavy (non-hydrogen) atoms. The number of hydrogen-bond acceptors (Lipinski definition) is 4. The molecule has 2 unspecified atom stereocenters. The standard InChI is InChI=1S/C14H24N2O5/c1-10(5-3-7-12(17)18)15-14(20)16-8-4-6-11(9-16)13(19)21-2/h10-11H,3-9H2,1-2H3,(H,15,20)(H,17,18). The number of amides is 2. The first-order valence-electron chi connectivity index (χ1n) is 7.29. The van der Waals surface area contributed by atoms with Crippen molar-refractivity contribution in [2.75, 3.05) is 20.2 Å². The van der Waals surface area contributed by atoms with Gasteiger partial charge in [0.1, 0.15) is 0 Å². The first-order valence-corrected chi connectivity index (χ1v) is 7.29. The van der Waals surface area contributed by atoms with Crippen molar-refractivity contribution in [1.82, 2.24) is 10.2 Å². The lowest BCUT2D eigenvalue weighted by Crippen LogP contribution is -2.49. The minimum absolute atomic E-state index is 0.0876. The van der Waals surface area contributed by atoms with Crippen LogP contribution in [0.3, 0.4) is 0 Å². The molecule has 2 N–H and O–H groups in total. The van der Waals surface area contributed by atoms with Gasteiger partial charge >= 0.3 is 18.0 Å². The Morgan fingerprint density at radius 1 is 1.43 bits per heavy atom. The quantitative estimate of drug-likeness (QED) is 0.719. The van der Waals surface area contributed by atoms with Gasteiger partial charge in [-0.05, 0) is 32.6 Å². The van der Waals surface area contributed by atoms with Crippen molar-refractivity contribution in [2.45, 2.75) is 45.1 Å². The SMILES string of the molecule is COC(=O)C1CCCN(C(=O)NC(C)CCCC(=O)O)C1. The first-order chi connectivity index (χ1) is 9.93. The van der Waals surface area contributed by atoms with Gasteiger partial charge in [-0.15, -0.1) is 0 Å². The number of nitrogens with one attached hydrogen (secondary N) is 1. The largest absolute Gasteiger partial charge is 0.481 e. The molecule has 0 saturated carbocycles. The molecule has 0 aliphatic carbocycles. The van der Waals surface area contributed by atoms with Crippen LogP contribution >= 0.6 is 0 Å². The molecule has 2 atom stereocenters. The van der Waals surface area contributed by atoms with Crippen molar-refractivity contribution in [3.05, 3.63) is 0 Å². The van der Waals surface area contributed by atoms with E-state index in [1.54, 1.807) is 4.90 Å². The van der Waals surface area contributed by atoms with Crippen molar-refractivity contribution in [2.24, 2.45) is 5.92 Å². The molecule has 0 aromatic rings. The molecule has 1 saturated heterocycles. The fourth-order valence-corrected chi connectivity index (χ4v) is 2.45. The Balaban J connectivity index is 2.36. The van der Waals surface area contributed by atoms with E-state index in [-0.39, 0.29) is 30.4 Å². The van der Waals surface area contributed by atoms with Gasteiger partial charge in [-0.3, -0.25) is 9.59 Å². The van der Waals surface area contributed by atoms with Gasteiger partial charge in [-0.2, -0.15) is 0 Å². The van der Waals surface area contributed by atoms with E-state index in [1.165, 1.54) is 7.11 Å². The number of carbonyl (C=O) groups is 3. The van der Waals surface area contributed by atoms with Gasteiger partial charge in [0.25, 0.3) is 0 Å². The van der Waals surface area contributed by atoms with Crippen LogP contribution in [0.1, 0.15) is 39.0 Å². The summed E-state index contributed by atoms with van der Waals surface area (Å²) in [5, 5.41) is 11.4. The van der Waals surface area contributed by atoms with Crippen LogP contribution in [0.15, 0.2) is 0 Å². The van der Waals surface area contributed by atoms with Crippen molar-refractivity contribution in [3.63, 3.8) is 0 Å². The van der Waals surface area contributed by atoms with Crippen LogP contribution in [-0.2, 0) is 14.3 Å². The van der Waals surface area contributed by atoms with Gasteiger partial charge in [0.2, 0.25) is 0 Å². The molecule has 0 spiro atoms. The Morgan fingerprint density at radius 3 is 2.76 bits per heavy atom. The molecule has 120 valence electrons. The van der Waals surface area contributed by atoms with Gasteiger partial charge in [0, 0.05) is 25.6 Å². The van der Waals surface area contributed by atoms with Crippen LogP contribution in [0.4, 0.5) is 4.79 Å². The number of piperidine rings is 1. The minimum Gasteiger partial charge on any atom is -0.481 e. The average Bonchev–Trinajstić information content (AvgIpc) is 2.46. The molecule has 1 aliphatic heterocycles. The smallest absolute Gasteiger partial charge is 0.317 e. The first kappa shape index (κ1) is 17.3. The summed E-state index contributed by atoms with van der Waals surface area (Å²) >= 11 is 0. The monoisotopic (exact) mass is 300 g/mol. The third-order valence-electron chi connectivity index (χ3n) is 3.64. The lowest BCUT2D eigenvalue weighted by Gasteiger charge is -2.32. The Hall–Kier alpha value is -1.79. The number of rotatable bonds is 6. The number of carbonyl (C=O) groups excluding carboxylic acids is 2. The van der Waals surface area contributed by atoms with E-state index in [1.807, 2.05) is 6.92 Å². The summed E-state index contributed by atoms with van der Waals surface area (Å²) in [6.45, 7) is 2.85. The molecular formula is C14H24N2O5. The molecular weight excluding hydrogens is 276 g/mol. The van der Waals surface area contributed by atoms with Crippen molar-refractivity contribution >= 4 is 18.0 Å². The van der Waals surface area contributed by atoms with Gasteiger partial charge in [-0.1, -0.05) is 0 Å². The highest BCUT2D eigenvalue weighted by Gasteiger charge is 2.29. The van der Waals surface area contributed by atoms with Crippen LogP contribution < -0.4 is 5.32 Å². The van der Waals surface area contributed by atoms with Crippen LogP contribution in [0.2, 0.25) is 0 Å². The fourth-order valence-electron chi connectivity index (χ4n) is 2.45. The Kier molecular flexibility index (Phi) is 6.98. The molecule has 1 rings (SSSR count). The second-order valence-electron chi connectivity index (χ2n) is 5.44. The Labute approximate surface area is 124 Å².